The lowest BCUT2D eigenvalue weighted by atomic mass is 10.3. The van der Waals surface area contributed by atoms with Crippen molar-refractivity contribution in [1.29, 1.82) is 0 Å². The maximum Gasteiger partial charge on any atom is 0.324 e. The third-order valence-corrected chi connectivity index (χ3v) is 2.23. The zero-order chi connectivity index (χ0) is 12.9. The van der Waals surface area contributed by atoms with Crippen LogP contribution < -0.4 is 5.32 Å². The molecule has 1 rings (SSSR count). The predicted molar refractivity (Wildman–Crippen MR) is 55.2 cm³/mol. The van der Waals surface area contributed by atoms with Gasteiger partial charge >= 0.3 is 12.3 Å². The standard InChI is InChI=1S/C10H15F4N3/c1-2-3-15-4-8-5-16-7-17(8)6-10(13,14)9(11)12/h5,7,9,15H,2-4,6H2,1H3. The molecule has 0 spiro atoms. The number of rotatable bonds is 7. The van der Waals surface area contributed by atoms with Crippen molar-refractivity contribution < 1.29 is 17.6 Å². The second kappa shape index (κ2) is 6.00. The van der Waals surface area contributed by atoms with E-state index in [-0.39, 0.29) is 0 Å². The van der Waals surface area contributed by atoms with Crippen LogP contribution in [-0.2, 0) is 13.1 Å². The van der Waals surface area contributed by atoms with Crippen LogP contribution >= 0.6 is 0 Å². The summed E-state index contributed by atoms with van der Waals surface area (Å²) in [6, 6.07) is 0. The Balaban J connectivity index is 2.62. The molecule has 0 aromatic carbocycles. The number of alkyl halides is 4. The zero-order valence-electron chi connectivity index (χ0n) is 9.47. The Morgan fingerprint density at radius 2 is 2.18 bits per heavy atom. The Bertz CT molecular complexity index is 338. The molecule has 0 radical (unpaired) electrons. The average molecular weight is 253 g/mol. The molecule has 7 heteroatoms. The second-order valence-electron chi connectivity index (χ2n) is 3.75. The SMILES string of the molecule is CCCNCc1cncn1CC(F)(F)C(F)F. The molecule has 0 fully saturated rings. The molecule has 0 saturated carbocycles. The lowest BCUT2D eigenvalue weighted by Crippen LogP contribution is -2.33. The Kier molecular flexibility index (Phi) is 4.92. The summed E-state index contributed by atoms with van der Waals surface area (Å²) in [6.45, 7) is 1.99. The summed E-state index contributed by atoms with van der Waals surface area (Å²) in [6.07, 6.45) is -0.230. The highest BCUT2D eigenvalue weighted by Gasteiger charge is 2.41. The van der Waals surface area contributed by atoms with Crippen molar-refractivity contribution in [2.24, 2.45) is 0 Å². The van der Waals surface area contributed by atoms with Crippen LogP contribution in [0.2, 0.25) is 0 Å². The van der Waals surface area contributed by atoms with Gasteiger partial charge in [0, 0.05) is 12.7 Å². The van der Waals surface area contributed by atoms with Gasteiger partial charge in [-0.25, -0.2) is 13.8 Å². The van der Waals surface area contributed by atoms with Crippen LogP contribution in [0, 0.1) is 0 Å². The molecule has 0 unspecified atom stereocenters. The van der Waals surface area contributed by atoms with Gasteiger partial charge in [-0.2, -0.15) is 8.78 Å². The predicted octanol–water partition coefficient (Wildman–Crippen LogP) is 2.28. The molecule has 1 N–H and O–H groups in total. The van der Waals surface area contributed by atoms with E-state index in [0.717, 1.165) is 23.9 Å². The van der Waals surface area contributed by atoms with Gasteiger partial charge in [0.05, 0.1) is 18.6 Å². The van der Waals surface area contributed by atoms with E-state index in [9.17, 15) is 17.6 Å². The third-order valence-electron chi connectivity index (χ3n) is 2.23. The molecule has 0 aliphatic rings. The van der Waals surface area contributed by atoms with Crippen molar-refractivity contribution in [2.75, 3.05) is 6.54 Å². The molecule has 17 heavy (non-hydrogen) atoms. The third kappa shape index (κ3) is 3.99. The molecule has 0 amide bonds. The van der Waals surface area contributed by atoms with Gasteiger partial charge in [0.25, 0.3) is 0 Å². The number of halogens is 4. The number of hydrogen-bond acceptors (Lipinski definition) is 2. The van der Waals surface area contributed by atoms with Crippen LogP contribution in [-0.4, -0.2) is 28.4 Å². The van der Waals surface area contributed by atoms with Crippen LogP contribution in [0.5, 0.6) is 0 Å². The monoisotopic (exact) mass is 253 g/mol. The Morgan fingerprint density at radius 3 is 2.76 bits per heavy atom. The van der Waals surface area contributed by atoms with E-state index >= 15 is 0 Å². The lowest BCUT2D eigenvalue weighted by molar-refractivity contribution is -0.138. The summed E-state index contributed by atoms with van der Waals surface area (Å²) in [5.74, 6) is -4.03. The van der Waals surface area contributed by atoms with E-state index in [1.165, 1.54) is 6.20 Å². The molecule has 0 aliphatic heterocycles. The minimum Gasteiger partial charge on any atom is -0.327 e. The maximum absolute atomic E-state index is 12.9. The number of aromatic nitrogens is 2. The summed E-state index contributed by atoms with van der Waals surface area (Å²) in [5.41, 5.74) is 0.471. The Morgan fingerprint density at radius 1 is 1.47 bits per heavy atom. The van der Waals surface area contributed by atoms with Crippen molar-refractivity contribution in [2.45, 2.75) is 38.8 Å². The summed E-state index contributed by atoms with van der Waals surface area (Å²) in [7, 11) is 0. The van der Waals surface area contributed by atoms with Gasteiger partial charge in [-0.05, 0) is 13.0 Å². The van der Waals surface area contributed by atoms with E-state index < -0.39 is 18.9 Å². The summed E-state index contributed by atoms with van der Waals surface area (Å²) in [4.78, 5) is 3.69. The number of imidazole rings is 1. The fourth-order valence-electron chi connectivity index (χ4n) is 1.33. The van der Waals surface area contributed by atoms with Gasteiger partial charge in [0.15, 0.2) is 0 Å². The number of hydrogen-bond donors (Lipinski definition) is 1. The highest BCUT2D eigenvalue weighted by atomic mass is 19.3. The van der Waals surface area contributed by atoms with Crippen molar-refractivity contribution >= 4 is 0 Å². The Labute approximate surface area is 96.8 Å². The van der Waals surface area contributed by atoms with Gasteiger partial charge in [0.2, 0.25) is 0 Å². The molecule has 1 aromatic heterocycles. The summed E-state index contributed by atoms with van der Waals surface area (Å²) < 4.78 is 50.9. The summed E-state index contributed by atoms with van der Waals surface area (Å²) in [5, 5.41) is 3.00. The van der Waals surface area contributed by atoms with Crippen LogP contribution in [0.3, 0.4) is 0 Å². The minimum atomic E-state index is -4.03. The second-order valence-corrected chi connectivity index (χ2v) is 3.75. The van der Waals surface area contributed by atoms with Gasteiger partial charge < -0.3 is 9.88 Å². The number of nitrogens with zero attached hydrogens (tertiary/aromatic N) is 2. The van der Waals surface area contributed by atoms with Crippen molar-refractivity contribution in [1.82, 2.24) is 14.9 Å². The van der Waals surface area contributed by atoms with Crippen LogP contribution in [0.4, 0.5) is 17.6 Å². The highest BCUT2D eigenvalue weighted by molar-refractivity contribution is 4.99. The first-order valence-corrected chi connectivity index (χ1v) is 5.33. The van der Waals surface area contributed by atoms with E-state index in [2.05, 4.69) is 10.3 Å². The molecule has 3 nitrogen and oxygen atoms in total. The molecule has 0 aliphatic carbocycles. The van der Waals surface area contributed by atoms with Gasteiger partial charge in [-0.15, -0.1) is 0 Å². The molecule has 1 heterocycles. The van der Waals surface area contributed by atoms with Crippen molar-refractivity contribution in [3.8, 4) is 0 Å². The Hall–Kier alpha value is -1.11. The summed E-state index contributed by atoms with van der Waals surface area (Å²) >= 11 is 0. The topological polar surface area (TPSA) is 29.9 Å². The van der Waals surface area contributed by atoms with Crippen LogP contribution in [0.15, 0.2) is 12.5 Å². The first-order chi connectivity index (χ1) is 7.97. The minimum absolute atomic E-state index is 0.340. The van der Waals surface area contributed by atoms with E-state index in [1.807, 2.05) is 6.92 Å². The lowest BCUT2D eigenvalue weighted by Gasteiger charge is -2.17. The fraction of sp³-hybridized carbons (Fsp3) is 0.700. The van der Waals surface area contributed by atoms with Gasteiger partial charge in [-0.3, -0.25) is 0 Å². The quantitative estimate of drug-likeness (QED) is 0.597. The fourth-order valence-corrected chi connectivity index (χ4v) is 1.33. The van der Waals surface area contributed by atoms with Crippen molar-refractivity contribution in [3.05, 3.63) is 18.2 Å². The van der Waals surface area contributed by atoms with Crippen LogP contribution in [0.1, 0.15) is 19.0 Å². The van der Waals surface area contributed by atoms with Gasteiger partial charge in [-0.1, -0.05) is 6.92 Å². The average Bonchev–Trinajstić information content (AvgIpc) is 2.65. The number of nitrogens with one attached hydrogen (secondary N) is 1. The first-order valence-electron chi connectivity index (χ1n) is 5.33. The molecule has 98 valence electrons. The van der Waals surface area contributed by atoms with E-state index in [4.69, 9.17) is 0 Å². The first kappa shape index (κ1) is 14.0. The van der Waals surface area contributed by atoms with Gasteiger partial charge in [0.1, 0.15) is 0 Å². The molecular weight excluding hydrogens is 238 g/mol. The smallest absolute Gasteiger partial charge is 0.324 e. The van der Waals surface area contributed by atoms with Crippen LogP contribution in [0.25, 0.3) is 0 Å². The zero-order valence-corrected chi connectivity index (χ0v) is 9.47. The van der Waals surface area contributed by atoms with E-state index in [1.54, 1.807) is 0 Å². The maximum atomic E-state index is 12.9. The molecule has 0 atom stereocenters. The molecule has 0 saturated heterocycles. The normalized spacial score (nSPS) is 12.4. The highest BCUT2D eigenvalue weighted by Crippen LogP contribution is 2.25. The molecular formula is C10H15F4N3. The van der Waals surface area contributed by atoms with Crippen molar-refractivity contribution in [3.63, 3.8) is 0 Å². The molecule has 1 aromatic rings. The molecule has 0 bridgehead atoms. The largest absolute Gasteiger partial charge is 0.327 e. The van der Waals surface area contributed by atoms with E-state index in [0.29, 0.717) is 12.2 Å².